The monoisotopic (exact) mass is 275 g/mol. The number of unbranched alkanes of at least 4 members (excludes halogenated alkanes) is 1. The summed E-state index contributed by atoms with van der Waals surface area (Å²) >= 11 is 0. The van der Waals surface area contributed by atoms with E-state index in [2.05, 4.69) is 44.3 Å². The molecule has 1 heterocycles. The van der Waals surface area contributed by atoms with Crippen molar-refractivity contribution >= 4 is 0 Å². The lowest BCUT2D eigenvalue weighted by atomic mass is 9.99. The predicted octanol–water partition coefficient (Wildman–Crippen LogP) is 4.62. The Labute approximate surface area is 123 Å². The van der Waals surface area contributed by atoms with Crippen LogP contribution in [0.2, 0.25) is 0 Å². The topological polar surface area (TPSA) is 21.3 Å². The number of nitrogens with one attached hydrogen (secondary N) is 1. The third-order valence-corrected chi connectivity index (χ3v) is 4.10. The van der Waals surface area contributed by atoms with Crippen molar-refractivity contribution in [1.29, 1.82) is 0 Å². The summed E-state index contributed by atoms with van der Waals surface area (Å²) in [5, 5.41) is 3.74. The van der Waals surface area contributed by atoms with Crippen LogP contribution in [0.15, 0.2) is 18.2 Å². The Kier molecular flexibility index (Phi) is 5.90. The minimum absolute atomic E-state index is 0.464. The molecule has 0 amide bonds. The molecule has 0 aromatic heterocycles. The van der Waals surface area contributed by atoms with E-state index in [1.54, 1.807) is 0 Å². The Hall–Kier alpha value is -1.02. The number of aryl methyl sites for hydroxylation is 1. The van der Waals surface area contributed by atoms with E-state index in [1.807, 2.05) is 0 Å². The van der Waals surface area contributed by atoms with Gasteiger partial charge in [-0.25, -0.2) is 0 Å². The number of ether oxygens (including phenoxy) is 1. The number of fused-ring (bicyclic) bond motifs is 1. The van der Waals surface area contributed by atoms with Gasteiger partial charge in [0, 0.05) is 11.6 Å². The average molecular weight is 275 g/mol. The molecule has 1 aromatic rings. The van der Waals surface area contributed by atoms with E-state index in [4.69, 9.17) is 4.74 Å². The maximum atomic E-state index is 5.93. The molecular weight excluding hydrogens is 246 g/mol. The van der Waals surface area contributed by atoms with E-state index < -0.39 is 0 Å². The summed E-state index contributed by atoms with van der Waals surface area (Å²) in [5.74, 6) is 1.94. The van der Waals surface area contributed by atoms with Crippen LogP contribution in [-0.4, -0.2) is 13.2 Å². The van der Waals surface area contributed by atoms with Crippen molar-refractivity contribution in [2.75, 3.05) is 13.2 Å². The maximum absolute atomic E-state index is 5.93. The summed E-state index contributed by atoms with van der Waals surface area (Å²) in [7, 11) is 0. The van der Waals surface area contributed by atoms with Gasteiger partial charge in [0.15, 0.2) is 0 Å². The lowest BCUT2D eigenvalue weighted by Crippen LogP contribution is -2.22. The predicted molar refractivity (Wildman–Crippen MR) is 85.3 cm³/mol. The third kappa shape index (κ3) is 4.24. The summed E-state index contributed by atoms with van der Waals surface area (Å²) in [6.45, 7) is 8.71. The Bertz CT molecular complexity index is 414. The first-order valence-corrected chi connectivity index (χ1v) is 8.14. The van der Waals surface area contributed by atoms with Gasteiger partial charge in [-0.3, -0.25) is 0 Å². The van der Waals surface area contributed by atoms with Gasteiger partial charge in [0.25, 0.3) is 0 Å². The van der Waals surface area contributed by atoms with Gasteiger partial charge in [0.1, 0.15) is 5.75 Å². The molecule has 2 rings (SSSR count). The third-order valence-electron chi connectivity index (χ3n) is 4.10. The summed E-state index contributed by atoms with van der Waals surface area (Å²) in [5.41, 5.74) is 2.61. The molecule has 2 heteroatoms. The molecule has 20 heavy (non-hydrogen) atoms. The van der Waals surface area contributed by atoms with Crippen LogP contribution < -0.4 is 10.1 Å². The van der Waals surface area contributed by atoms with Crippen molar-refractivity contribution in [2.45, 2.75) is 58.9 Å². The van der Waals surface area contributed by atoms with E-state index in [-0.39, 0.29) is 0 Å². The van der Waals surface area contributed by atoms with Crippen molar-refractivity contribution in [1.82, 2.24) is 5.32 Å². The molecule has 0 radical (unpaired) electrons. The number of hydrogen-bond donors (Lipinski definition) is 1. The van der Waals surface area contributed by atoms with Crippen LogP contribution in [-0.2, 0) is 0 Å². The van der Waals surface area contributed by atoms with Gasteiger partial charge in [-0.2, -0.15) is 0 Å². The molecule has 1 aliphatic rings. The van der Waals surface area contributed by atoms with Crippen LogP contribution in [0.5, 0.6) is 5.75 Å². The molecular formula is C18H29NO. The van der Waals surface area contributed by atoms with Gasteiger partial charge >= 0.3 is 0 Å². The van der Waals surface area contributed by atoms with Gasteiger partial charge in [0.05, 0.1) is 6.61 Å². The van der Waals surface area contributed by atoms with Crippen LogP contribution in [0.1, 0.15) is 63.1 Å². The second-order valence-corrected chi connectivity index (χ2v) is 6.38. The molecule has 112 valence electrons. The smallest absolute Gasteiger partial charge is 0.126 e. The van der Waals surface area contributed by atoms with Gasteiger partial charge in [-0.15, -0.1) is 0 Å². The highest BCUT2D eigenvalue weighted by Gasteiger charge is 2.20. The molecule has 0 aliphatic carbocycles. The number of hydrogen-bond acceptors (Lipinski definition) is 2. The molecule has 0 saturated carbocycles. The first-order chi connectivity index (χ1) is 9.68. The summed E-state index contributed by atoms with van der Waals surface area (Å²) in [6, 6.07) is 6.98. The molecule has 2 nitrogen and oxygen atoms in total. The standard InChI is InChI=1S/C18H29NO/c1-14(2)8-4-5-12-19-17-11-7-13-20-18-15(3)9-6-10-16(17)18/h6,9-10,14,17,19H,4-5,7-8,11-13H2,1-3H3. The zero-order chi connectivity index (χ0) is 14.4. The second kappa shape index (κ2) is 7.68. The zero-order valence-electron chi connectivity index (χ0n) is 13.2. The van der Waals surface area contributed by atoms with Gasteiger partial charge in [-0.1, -0.05) is 44.9 Å². The van der Waals surface area contributed by atoms with Crippen LogP contribution in [0.4, 0.5) is 0 Å². The average Bonchev–Trinajstić information content (AvgIpc) is 2.62. The zero-order valence-corrected chi connectivity index (χ0v) is 13.2. The first-order valence-electron chi connectivity index (χ1n) is 8.14. The summed E-state index contributed by atoms with van der Waals surface area (Å²) in [4.78, 5) is 0. The highest BCUT2D eigenvalue weighted by atomic mass is 16.5. The molecule has 1 aliphatic heterocycles. The maximum Gasteiger partial charge on any atom is 0.126 e. The molecule has 1 N–H and O–H groups in total. The quantitative estimate of drug-likeness (QED) is 0.765. The van der Waals surface area contributed by atoms with E-state index in [0.717, 1.165) is 31.2 Å². The fourth-order valence-electron chi connectivity index (χ4n) is 2.93. The minimum Gasteiger partial charge on any atom is -0.493 e. The molecule has 1 atom stereocenters. The van der Waals surface area contributed by atoms with Crippen molar-refractivity contribution < 1.29 is 4.74 Å². The van der Waals surface area contributed by atoms with Crippen LogP contribution in [0.3, 0.4) is 0 Å². The fraction of sp³-hybridized carbons (Fsp3) is 0.667. The largest absolute Gasteiger partial charge is 0.493 e. The number of benzene rings is 1. The van der Waals surface area contributed by atoms with Crippen molar-refractivity contribution in [3.05, 3.63) is 29.3 Å². The SMILES string of the molecule is Cc1cccc2c1OCCCC2NCCCCC(C)C. The van der Waals surface area contributed by atoms with Gasteiger partial charge < -0.3 is 10.1 Å². The summed E-state index contributed by atoms with van der Waals surface area (Å²) < 4.78 is 5.93. The minimum atomic E-state index is 0.464. The van der Waals surface area contributed by atoms with E-state index >= 15 is 0 Å². The Balaban J connectivity index is 1.90. The van der Waals surface area contributed by atoms with E-state index in [1.165, 1.54) is 36.8 Å². The molecule has 0 fully saturated rings. The Morgan fingerprint density at radius 3 is 2.95 bits per heavy atom. The highest BCUT2D eigenvalue weighted by molar-refractivity contribution is 5.43. The fourth-order valence-corrected chi connectivity index (χ4v) is 2.93. The lowest BCUT2D eigenvalue weighted by Gasteiger charge is -2.19. The van der Waals surface area contributed by atoms with Crippen LogP contribution in [0, 0.1) is 12.8 Å². The number of para-hydroxylation sites is 1. The lowest BCUT2D eigenvalue weighted by molar-refractivity contribution is 0.313. The van der Waals surface area contributed by atoms with Crippen molar-refractivity contribution in [3.63, 3.8) is 0 Å². The molecule has 0 bridgehead atoms. The van der Waals surface area contributed by atoms with Crippen molar-refractivity contribution in [2.24, 2.45) is 5.92 Å². The van der Waals surface area contributed by atoms with Crippen LogP contribution in [0.25, 0.3) is 0 Å². The van der Waals surface area contributed by atoms with Gasteiger partial charge in [0.2, 0.25) is 0 Å². The Morgan fingerprint density at radius 2 is 2.15 bits per heavy atom. The highest BCUT2D eigenvalue weighted by Crippen LogP contribution is 2.33. The molecule has 0 saturated heterocycles. The summed E-state index contributed by atoms with van der Waals surface area (Å²) in [6.07, 6.45) is 6.26. The van der Waals surface area contributed by atoms with E-state index in [0.29, 0.717) is 6.04 Å². The van der Waals surface area contributed by atoms with Crippen LogP contribution >= 0.6 is 0 Å². The van der Waals surface area contributed by atoms with Crippen molar-refractivity contribution in [3.8, 4) is 5.75 Å². The first kappa shape index (κ1) is 15.4. The van der Waals surface area contributed by atoms with E-state index in [9.17, 15) is 0 Å². The van der Waals surface area contributed by atoms with Gasteiger partial charge in [-0.05, 0) is 44.2 Å². The molecule has 1 aromatic carbocycles. The normalized spacial score (nSPS) is 18.5. The number of rotatable bonds is 6. The molecule has 0 spiro atoms. The second-order valence-electron chi connectivity index (χ2n) is 6.38. The molecule has 1 unspecified atom stereocenters. The Morgan fingerprint density at radius 1 is 1.30 bits per heavy atom.